The summed E-state index contributed by atoms with van der Waals surface area (Å²) in [5, 5.41) is 12.2. The Morgan fingerprint density at radius 2 is 1.70 bits per heavy atom. The Morgan fingerprint density at radius 3 is 2.30 bits per heavy atom. The Labute approximate surface area is 118 Å². The molecule has 0 unspecified atom stereocenters. The minimum Gasteiger partial charge on any atom is -0.395 e. The first-order chi connectivity index (χ1) is 9.69. The molecule has 0 aromatic heterocycles. The van der Waals surface area contributed by atoms with Gasteiger partial charge in [-0.25, -0.2) is 4.39 Å². The van der Waals surface area contributed by atoms with Gasteiger partial charge in [-0.3, -0.25) is 0 Å². The Kier molecular flexibility index (Phi) is 4.96. The molecule has 4 heteroatoms. The maximum Gasteiger partial charge on any atom is 0.123 e. The molecule has 0 saturated heterocycles. The molecule has 3 nitrogen and oxygen atoms in total. The minimum atomic E-state index is -0.218. The Balaban J connectivity index is 1.92. The molecule has 0 aliphatic carbocycles. The lowest BCUT2D eigenvalue weighted by Gasteiger charge is -2.18. The number of benzene rings is 2. The van der Waals surface area contributed by atoms with Crippen LogP contribution in [0.4, 0.5) is 15.8 Å². The fourth-order valence-electron chi connectivity index (χ4n) is 1.92. The second-order valence-electron chi connectivity index (χ2n) is 4.67. The molecule has 0 atom stereocenters. The highest BCUT2D eigenvalue weighted by Gasteiger charge is 2.00. The van der Waals surface area contributed by atoms with Crippen molar-refractivity contribution in [3.05, 3.63) is 59.9 Å². The highest BCUT2D eigenvalue weighted by molar-refractivity contribution is 5.54. The highest BCUT2D eigenvalue weighted by atomic mass is 19.1. The van der Waals surface area contributed by atoms with Crippen LogP contribution in [-0.4, -0.2) is 25.3 Å². The lowest BCUT2D eigenvalue weighted by molar-refractivity contribution is 0.304. The van der Waals surface area contributed by atoms with Crippen molar-refractivity contribution in [3.63, 3.8) is 0 Å². The standard InChI is InChI=1S/C16H19FN2O/c1-19(10-11-20)16-8-6-15(7-9-16)18-12-13-2-4-14(17)5-3-13/h2-9,18,20H,10-12H2,1H3. The molecule has 0 spiro atoms. The van der Waals surface area contributed by atoms with Gasteiger partial charge >= 0.3 is 0 Å². The average Bonchev–Trinajstić information content (AvgIpc) is 2.47. The van der Waals surface area contributed by atoms with Gasteiger partial charge < -0.3 is 15.3 Å². The van der Waals surface area contributed by atoms with Gasteiger partial charge in [0, 0.05) is 31.5 Å². The van der Waals surface area contributed by atoms with Gasteiger partial charge in [-0.2, -0.15) is 0 Å². The summed E-state index contributed by atoms with van der Waals surface area (Å²) >= 11 is 0. The number of halogens is 1. The molecule has 0 aliphatic heterocycles. The van der Waals surface area contributed by atoms with Crippen LogP contribution in [0.15, 0.2) is 48.5 Å². The molecule has 20 heavy (non-hydrogen) atoms. The lowest BCUT2D eigenvalue weighted by Crippen LogP contribution is -2.20. The molecule has 2 N–H and O–H groups in total. The van der Waals surface area contributed by atoms with E-state index in [0.29, 0.717) is 13.1 Å². The van der Waals surface area contributed by atoms with Crippen LogP contribution >= 0.6 is 0 Å². The largest absolute Gasteiger partial charge is 0.395 e. The lowest BCUT2D eigenvalue weighted by atomic mass is 10.2. The van der Waals surface area contributed by atoms with Crippen LogP contribution in [0, 0.1) is 5.82 Å². The molecule has 0 heterocycles. The van der Waals surface area contributed by atoms with Gasteiger partial charge in [-0.1, -0.05) is 12.1 Å². The van der Waals surface area contributed by atoms with Crippen molar-refractivity contribution >= 4 is 11.4 Å². The van der Waals surface area contributed by atoms with Crippen molar-refractivity contribution in [2.75, 3.05) is 30.4 Å². The Morgan fingerprint density at radius 1 is 1.05 bits per heavy atom. The number of hydrogen-bond donors (Lipinski definition) is 2. The Bertz CT molecular complexity index is 525. The van der Waals surface area contributed by atoms with Gasteiger partial charge in [0.1, 0.15) is 5.82 Å². The summed E-state index contributed by atoms with van der Waals surface area (Å²) in [6.45, 7) is 1.41. The first-order valence-electron chi connectivity index (χ1n) is 6.59. The number of aliphatic hydroxyl groups is 1. The van der Waals surface area contributed by atoms with Crippen LogP contribution in [0.3, 0.4) is 0 Å². The summed E-state index contributed by atoms with van der Waals surface area (Å²) < 4.78 is 12.8. The molecule has 106 valence electrons. The van der Waals surface area contributed by atoms with E-state index in [9.17, 15) is 4.39 Å². The van der Waals surface area contributed by atoms with Crippen LogP contribution < -0.4 is 10.2 Å². The van der Waals surface area contributed by atoms with Gasteiger partial charge in [0.05, 0.1) is 6.61 Å². The van der Waals surface area contributed by atoms with Crippen molar-refractivity contribution in [3.8, 4) is 0 Å². The third-order valence-corrected chi connectivity index (χ3v) is 3.15. The van der Waals surface area contributed by atoms with E-state index in [1.807, 2.05) is 36.2 Å². The second-order valence-corrected chi connectivity index (χ2v) is 4.67. The zero-order valence-corrected chi connectivity index (χ0v) is 11.5. The van der Waals surface area contributed by atoms with Gasteiger partial charge in [-0.05, 0) is 42.0 Å². The van der Waals surface area contributed by atoms with Crippen LogP contribution in [0.25, 0.3) is 0 Å². The molecule has 0 saturated carbocycles. The molecular weight excluding hydrogens is 255 g/mol. The molecule has 0 radical (unpaired) electrons. The molecule has 2 aromatic carbocycles. The minimum absolute atomic E-state index is 0.140. The number of nitrogens with zero attached hydrogens (tertiary/aromatic N) is 1. The topological polar surface area (TPSA) is 35.5 Å². The van der Waals surface area contributed by atoms with Crippen molar-refractivity contribution < 1.29 is 9.50 Å². The smallest absolute Gasteiger partial charge is 0.123 e. The van der Waals surface area contributed by atoms with E-state index >= 15 is 0 Å². The number of nitrogens with one attached hydrogen (secondary N) is 1. The highest BCUT2D eigenvalue weighted by Crippen LogP contribution is 2.17. The number of likely N-dealkylation sites (N-methyl/N-ethyl adjacent to an activating group) is 1. The first-order valence-corrected chi connectivity index (χ1v) is 6.59. The number of aliphatic hydroxyl groups excluding tert-OH is 1. The number of rotatable bonds is 6. The molecule has 2 aromatic rings. The summed E-state index contributed by atoms with van der Waals surface area (Å²) in [4.78, 5) is 1.99. The molecular formula is C16H19FN2O. The number of hydrogen-bond acceptors (Lipinski definition) is 3. The van der Waals surface area contributed by atoms with E-state index in [1.165, 1.54) is 12.1 Å². The third-order valence-electron chi connectivity index (χ3n) is 3.15. The van der Waals surface area contributed by atoms with Gasteiger partial charge in [0.2, 0.25) is 0 Å². The molecule has 0 amide bonds. The van der Waals surface area contributed by atoms with Crippen molar-refractivity contribution in [1.82, 2.24) is 0 Å². The number of anilines is 2. The summed E-state index contributed by atoms with van der Waals surface area (Å²) in [6, 6.07) is 14.5. The average molecular weight is 274 g/mol. The zero-order valence-electron chi connectivity index (χ0n) is 11.5. The summed E-state index contributed by atoms with van der Waals surface area (Å²) in [5.41, 5.74) is 3.11. The van der Waals surface area contributed by atoms with E-state index < -0.39 is 0 Å². The van der Waals surface area contributed by atoms with E-state index in [2.05, 4.69) is 5.32 Å². The van der Waals surface area contributed by atoms with Crippen LogP contribution in [0.1, 0.15) is 5.56 Å². The van der Waals surface area contributed by atoms with Crippen LogP contribution in [-0.2, 0) is 6.54 Å². The zero-order chi connectivity index (χ0) is 14.4. The normalized spacial score (nSPS) is 10.3. The van der Waals surface area contributed by atoms with Crippen LogP contribution in [0.5, 0.6) is 0 Å². The van der Waals surface area contributed by atoms with E-state index in [4.69, 9.17) is 5.11 Å². The predicted octanol–water partition coefficient (Wildman–Crippen LogP) is 2.87. The van der Waals surface area contributed by atoms with Gasteiger partial charge in [-0.15, -0.1) is 0 Å². The molecule has 2 rings (SSSR count). The van der Waals surface area contributed by atoms with Crippen LogP contribution in [0.2, 0.25) is 0 Å². The fourth-order valence-corrected chi connectivity index (χ4v) is 1.92. The maximum atomic E-state index is 12.8. The SMILES string of the molecule is CN(CCO)c1ccc(NCc2ccc(F)cc2)cc1. The monoisotopic (exact) mass is 274 g/mol. The van der Waals surface area contributed by atoms with E-state index in [-0.39, 0.29) is 12.4 Å². The summed E-state index contributed by atoms with van der Waals surface area (Å²) in [5.74, 6) is -0.218. The van der Waals surface area contributed by atoms with E-state index in [1.54, 1.807) is 12.1 Å². The fraction of sp³-hybridized carbons (Fsp3) is 0.250. The third kappa shape index (κ3) is 3.96. The van der Waals surface area contributed by atoms with E-state index in [0.717, 1.165) is 16.9 Å². The second kappa shape index (κ2) is 6.91. The first kappa shape index (κ1) is 14.3. The maximum absolute atomic E-state index is 12.8. The predicted molar refractivity (Wildman–Crippen MR) is 80.5 cm³/mol. The van der Waals surface area contributed by atoms with Crippen molar-refractivity contribution in [2.24, 2.45) is 0 Å². The van der Waals surface area contributed by atoms with Gasteiger partial charge in [0.25, 0.3) is 0 Å². The molecule has 0 fully saturated rings. The Hall–Kier alpha value is -2.07. The van der Waals surface area contributed by atoms with Gasteiger partial charge in [0.15, 0.2) is 0 Å². The summed E-state index contributed by atoms with van der Waals surface area (Å²) in [7, 11) is 1.94. The molecule has 0 bridgehead atoms. The quantitative estimate of drug-likeness (QED) is 0.850. The summed E-state index contributed by atoms with van der Waals surface area (Å²) in [6.07, 6.45) is 0. The molecule has 0 aliphatic rings. The van der Waals surface area contributed by atoms with Crippen molar-refractivity contribution in [2.45, 2.75) is 6.54 Å². The van der Waals surface area contributed by atoms with Crippen molar-refractivity contribution in [1.29, 1.82) is 0 Å².